The Morgan fingerprint density at radius 1 is 1.16 bits per heavy atom. The molecule has 19 heavy (non-hydrogen) atoms. The fourth-order valence-corrected chi connectivity index (χ4v) is 1.83. The fourth-order valence-electron chi connectivity index (χ4n) is 1.83. The summed E-state index contributed by atoms with van der Waals surface area (Å²) in [5, 5.41) is 0. The minimum absolute atomic E-state index is 0.303. The van der Waals surface area contributed by atoms with E-state index in [9.17, 15) is 0 Å². The molecule has 2 aromatic carbocycles. The quantitative estimate of drug-likeness (QED) is 0.728. The van der Waals surface area contributed by atoms with E-state index in [4.69, 9.17) is 14.9 Å². The van der Waals surface area contributed by atoms with E-state index in [0.717, 1.165) is 16.8 Å². The predicted octanol–water partition coefficient (Wildman–Crippen LogP) is 3.30. The number of benzene rings is 2. The van der Waals surface area contributed by atoms with Gasteiger partial charge >= 0.3 is 0 Å². The van der Waals surface area contributed by atoms with Crippen molar-refractivity contribution < 1.29 is 9.15 Å². The van der Waals surface area contributed by atoms with Crippen LogP contribution < -0.4 is 10.5 Å². The molecule has 0 radical (unpaired) electrons. The van der Waals surface area contributed by atoms with Gasteiger partial charge in [0.25, 0.3) is 0 Å². The van der Waals surface area contributed by atoms with E-state index in [1.165, 1.54) is 5.56 Å². The molecule has 4 nitrogen and oxygen atoms in total. The molecular formula is C15H14N2O2. The summed E-state index contributed by atoms with van der Waals surface area (Å²) in [5.41, 5.74) is 9.04. The second kappa shape index (κ2) is 4.65. The van der Waals surface area contributed by atoms with Gasteiger partial charge in [0, 0.05) is 5.69 Å². The molecule has 0 aliphatic rings. The van der Waals surface area contributed by atoms with E-state index in [0.29, 0.717) is 18.2 Å². The Kier molecular flexibility index (Phi) is 2.83. The first-order valence-corrected chi connectivity index (χ1v) is 6.05. The molecule has 0 unspecified atom stereocenters. The van der Waals surface area contributed by atoms with Crippen LogP contribution in [0, 0.1) is 6.92 Å². The molecule has 0 saturated carbocycles. The van der Waals surface area contributed by atoms with Crippen molar-refractivity contribution in [3.8, 4) is 5.75 Å². The van der Waals surface area contributed by atoms with Crippen molar-refractivity contribution in [1.82, 2.24) is 4.98 Å². The standard InChI is InChI=1S/C15H14N2O2/c1-10-2-5-12(6-3-10)18-9-15-17-13-8-11(16)4-7-14(13)19-15/h2-8H,9,16H2,1H3. The fraction of sp³-hybridized carbons (Fsp3) is 0.133. The topological polar surface area (TPSA) is 61.3 Å². The van der Waals surface area contributed by atoms with E-state index < -0.39 is 0 Å². The number of rotatable bonds is 3. The summed E-state index contributed by atoms with van der Waals surface area (Å²) in [5.74, 6) is 1.34. The highest BCUT2D eigenvalue weighted by Crippen LogP contribution is 2.19. The Morgan fingerprint density at radius 2 is 1.95 bits per heavy atom. The molecule has 0 amide bonds. The number of nitrogen functional groups attached to an aromatic ring is 1. The van der Waals surface area contributed by atoms with Crippen LogP contribution in [0.3, 0.4) is 0 Å². The maximum absolute atomic E-state index is 5.70. The van der Waals surface area contributed by atoms with E-state index in [1.807, 2.05) is 37.3 Å². The summed E-state index contributed by atoms with van der Waals surface area (Å²) in [6, 6.07) is 13.2. The highest BCUT2D eigenvalue weighted by Gasteiger charge is 2.06. The summed E-state index contributed by atoms with van der Waals surface area (Å²) in [4.78, 5) is 4.33. The first-order chi connectivity index (χ1) is 9.20. The van der Waals surface area contributed by atoms with Gasteiger partial charge in [-0.25, -0.2) is 4.98 Å². The third-order valence-corrected chi connectivity index (χ3v) is 2.84. The van der Waals surface area contributed by atoms with Crippen molar-refractivity contribution in [2.24, 2.45) is 0 Å². The lowest BCUT2D eigenvalue weighted by Crippen LogP contribution is -1.95. The van der Waals surface area contributed by atoms with Gasteiger partial charge in [-0.05, 0) is 37.3 Å². The number of oxazole rings is 1. The molecule has 0 atom stereocenters. The Labute approximate surface area is 110 Å². The zero-order valence-corrected chi connectivity index (χ0v) is 10.6. The van der Waals surface area contributed by atoms with Gasteiger partial charge in [0.05, 0.1) is 0 Å². The number of aromatic nitrogens is 1. The Bertz CT molecular complexity index is 702. The average Bonchev–Trinajstić information content (AvgIpc) is 2.80. The summed E-state index contributed by atoms with van der Waals surface area (Å²) in [6.45, 7) is 2.34. The third kappa shape index (κ3) is 2.52. The zero-order valence-electron chi connectivity index (χ0n) is 10.6. The normalized spacial score (nSPS) is 10.8. The Morgan fingerprint density at radius 3 is 2.74 bits per heavy atom. The van der Waals surface area contributed by atoms with Gasteiger partial charge in [0.15, 0.2) is 12.2 Å². The van der Waals surface area contributed by atoms with Crippen LogP contribution in [-0.2, 0) is 6.61 Å². The maximum Gasteiger partial charge on any atom is 0.233 e. The lowest BCUT2D eigenvalue weighted by molar-refractivity contribution is 0.267. The van der Waals surface area contributed by atoms with Crippen LogP contribution in [0.5, 0.6) is 5.75 Å². The largest absolute Gasteiger partial charge is 0.484 e. The number of hydrogen-bond acceptors (Lipinski definition) is 4. The highest BCUT2D eigenvalue weighted by atomic mass is 16.5. The molecule has 1 heterocycles. The minimum atomic E-state index is 0.303. The molecule has 3 rings (SSSR count). The molecule has 3 aromatic rings. The van der Waals surface area contributed by atoms with Crippen LogP contribution in [0.2, 0.25) is 0 Å². The highest BCUT2D eigenvalue weighted by molar-refractivity contribution is 5.76. The van der Waals surface area contributed by atoms with Gasteiger partial charge < -0.3 is 14.9 Å². The summed E-state index contributed by atoms with van der Waals surface area (Å²) >= 11 is 0. The van der Waals surface area contributed by atoms with Crippen LogP contribution in [0.1, 0.15) is 11.5 Å². The number of ether oxygens (including phenoxy) is 1. The number of hydrogen-bond donors (Lipinski definition) is 1. The monoisotopic (exact) mass is 254 g/mol. The maximum atomic E-state index is 5.70. The van der Waals surface area contributed by atoms with Gasteiger partial charge in [-0.1, -0.05) is 17.7 Å². The van der Waals surface area contributed by atoms with E-state index in [2.05, 4.69) is 4.98 Å². The van der Waals surface area contributed by atoms with Gasteiger partial charge in [-0.2, -0.15) is 0 Å². The lowest BCUT2D eigenvalue weighted by atomic mass is 10.2. The van der Waals surface area contributed by atoms with Gasteiger partial charge in [-0.15, -0.1) is 0 Å². The predicted molar refractivity (Wildman–Crippen MR) is 73.9 cm³/mol. The van der Waals surface area contributed by atoms with E-state index >= 15 is 0 Å². The summed E-state index contributed by atoms with van der Waals surface area (Å²) < 4.78 is 11.2. The van der Waals surface area contributed by atoms with Gasteiger partial charge in [0.2, 0.25) is 5.89 Å². The number of nitrogens with two attached hydrogens (primary N) is 1. The smallest absolute Gasteiger partial charge is 0.233 e. The molecule has 0 fully saturated rings. The molecule has 1 aromatic heterocycles. The van der Waals surface area contributed by atoms with Crippen LogP contribution >= 0.6 is 0 Å². The Balaban J connectivity index is 1.76. The molecular weight excluding hydrogens is 240 g/mol. The molecule has 0 aliphatic carbocycles. The Hall–Kier alpha value is -2.49. The number of aryl methyl sites for hydroxylation is 1. The molecule has 0 spiro atoms. The third-order valence-electron chi connectivity index (χ3n) is 2.84. The van der Waals surface area contributed by atoms with Crippen molar-refractivity contribution in [1.29, 1.82) is 0 Å². The second-order valence-corrected chi connectivity index (χ2v) is 4.44. The van der Waals surface area contributed by atoms with Crippen molar-refractivity contribution in [3.05, 3.63) is 53.9 Å². The van der Waals surface area contributed by atoms with Crippen LogP contribution in [0.25, 0.3) is 11.1 Å². The van der Waals surface area contributed by atoms with Crippen LogP contribution in [-0.4, -0.2) is 4.98 Å². The number of anilines is 1. The molecule has 0 bridgehead atoms. The lowest BCUT2D eigenvalue weighted by Gasteiger charge is -2.03. The molecule has 0 aliphatic heterocycles. The van der Waals surface area contributed by atoms with E-state index in [-0.39, 0.29) is 0 Å². The average molecular weight is 254 g/mol. The van der Waals surface area contributed by atoms with Crippen molar-refractivity contribution in [2.75, 3.05) is 5.73 Å². The van der Waals surface area contributed by atoms with Crippen molar-refractivity contribution in [2.45, 2.75) is 13.5 Å². The number of fused-ring (bicyclic) bond motifs is 1. The van der Waals surface area contributed by atoms with Gasteiger partial charge in [0.1, 0.15) is 11.3 Å². The zero-order chi connectivity index (χ0) is 13.2. The molecule has 96 valence electrons. The summed E-state index contributed by atoms with van der Waals surface area (Å²) in [6.07, 6.45) is 0. The van der Waals surface area contributed by atoms with Crippen molar-refractivity contribution >= 4 is 16.8 Å². The first-order valence-electron chi connectivity index (χ1n) is 6.05. The molecule has 0 saturated heterocycles. The number of nitrogens with zero attached hydrogens (tertiary/aromatic N) is 1. The van der Waals surface area contributed by atoms with E-state index in [1.54, 1.807) is 12.1 Å². The first kappa shape index (κ1) is 11.6. The minimum Gasteiger partial charge on any atom is -0.484 e. The van der Waals surface area contributed by atoms with Crippen molar-refractivity contribution in [3.63, 3.8) is 0 Å². The molecule has 2 N–H and O–H groups in total. The second-order valence-electron chi connectivity index (χ2n) is 4.44. The SMILES string of the molecule is Cc1ccc(OCc2nc3cc(N)ccc3o2)cc1. The summed E-state index contributed by atoms with van der Waals surface area (Å²) in [7, 11) is 0. The van der Waals surface area contributed by atoms with Gasteiger partial charge in [-0.3, -0.25) is 0 Å². The van der Waals surface area contributed by atoms with Crippen LogP contribution in [0.15, 0.2) is 46.9 Å². The van der Waals surface area contributed by atoms with Crippen LogP contribution in [0.4, 0.5) is 5.69 Å². The molecule has 4 heteroatoms.